The summed E-state index contributed by atoms with van der Waals surface area (Å²) in [5, 5.41) is 9.01. The van der Waals surface area contributed by atoms with Crippen molar-refractivity contribution < 1.29 is 0 Å². The van der Waals surface area contributed by atoms with Crippen molar-refractivity contribution in [1.29, 1.82) is 0 Å². The lowest BCUT2D eigenvalue weighted by molar-refractivity contribution is 0.268. The topological polar surface area (TPSA) is 29.0 Å². The van der Waals surface area contributed by atoms with Gasteiger partial charge in [-0.3, -0.25) is 4.90 Å². The Balaban J connectivity index is 1.91. The van der Waals surface area contributed by atoms with Crippen LogP contribution in [0.4, 0.5) is 0 Å². The molecule has 1 aliphatic rings. The Morgan fingerprint density at radius 1 is 1.67 bits per heavy atom. The number of hydrogen-bond acceptors (Lipinski definition) is 4. The van der Waals surface area contributed by atoms with E-state index in [0.717, 1.165) is 24.1 Å². The highest BCUT2D eigenvalue weighted by Crippen LogP contribution is 2.27. The van der Waals surface area contributed by atoms with Gasteiger partial charge in [-0.15, -0.1) is 21.5 Å². The number of nitrogens with zero attached hydrogens (tertiary/aromatic N) is 3. The summed E-state index contributed by atoms with van der Waals surface area (Å²) in [7, 11) is 0. The number of hydrogen-bond donors (Lipinski definition) is 0. The normalized spacial score (nSPS) is 17.2. The minimum absolute atomic E-state index is 0.832. The molecule has 4 heteroatoms. The lowest BCUT2D eigenvalue weighted by atomic mass is 10.4. The third kappa shape index (κ3) is 1.81. The smallest absolute Gasteiger partial charge is 0.131 e. The van der Waals surface area contributed by atoms with Crippen molar-refractivity contribution in [2.24, 2.45) is 0 Å². The summed E-state index contributed by atoms with van der Waals surface area (Å²) in [6, 6.07) is 0.832. The van der Waals surface area contributed by atoms with Crippen LogP contribution in [-0.4, -0.2) is 27.7 Å². The van der Waals surface area contributed by atoms with Crippen LogP contribution in [0.2, 0.25) is 0 Å². The zero-order valence-electron chi connectivity index (χ0n) is 7.23. The second-order valence-electron chi connectivity index (χ2n) is 3.13. The van der Waals surface area contributed by atoms with Gasteiger partial charge >= 0.3 is 0 Å². The first-order valence-corrected chi connectivity index (χ1v) is 5.27. The lowest BCUT2D eigenvalue weighted by Crippen LogP contribution is -2.24. The van der Waals surface area contributed by atoms with Crippen molar-refractivity contribution in [2.75, 3.05) is 6.54 Å². The largest absolute Gasteiger partial charge is 0.294 e. The molecule has 1 aromatic rings. The fourth-order valence-electron chi connectivity index (χ4n) is 1.38. The van der Waals surface area contributed by atoms with Crippen LogP contribution in [0, 0.1) is 0 Å². The number of aromatic nitrogens is 2. The molecule has 2 rings (SSSR count). The molecule has 1 aromatic heterocycles. The van der Waals surface area contributed by atoms with Crippen molar-refractivity contribution in [2.45, 2.75) is 32.4 Å². The second kappa shape index (κ2) is 3.49. The van der Waals surface area contributed by atoms with Gasteiger partial charge in [0.2, 0.25) is 0 Å². The van der Waals surface area contributed by atoms with E-state index in [0.29, 0.717) is 0 Å². The van der Waals surface area contributed by atoms with Crippen molar-refractivity contribution in [3.05, 3.63) is 10.5 Å². The van der Waals surface area contributed by atoms with Gasteiger partial charge in [0.15, 0.2) is 0 Å². The average molecular weight is 183 g/mol. The fraction of sp³-hybridized carbons (Fsp3) is 0.750. The summed E-state index contributed by atoms with van der Waals surface area (Å²) in [5.74, 6) is 0. The second-order valence-corrected chi connectivity index (χ2v) is 4.04. The van der Waals surface area contributed by atoms with E-state index in [-0.39, 0.29) is 0 Å². The van der Waals surface area contributed by atoms with E-state index in [1.165, 1.54) is 12.8 Å². The van der Waals surface area contributed by atoms with Gasteiger partial charge < -0.3 is 0 Å². The molecule has 0 atom stereocenters. The van der Waals surface area contributed by atoms with Crippen LogP contribution in [0.15, 0.2) is 5.51 Å². The predicted octanol–water partition coefficient (Wildman–Crippen LogP) is 1.52. The fourth-order valence-corrected chi connectivity index (χ4v) is 1.93. The van der Waals surface area contributed by atoms with Crippen LogP contribution in [-0.2, 0) is 6.54 Å². The summed E-state index contributed by atoms with van der Waals surface area (Å²) in [4.78, 5) is 2.47. The molecular formula is C8H13N3S. The maximum Gasteiger partial charge on any atom is 0.131 e. The monoisotopic (exact) mass is 183 g/mol. The maximum absolute atomic E-state index is 4.04. The molecule has 1 heterocycles. The molecule has 66 valence electrons. The lowest BCUT2D eigenvalue weighted by Gasteiger charge is -2.17. The molecule has 1 saturated carbocycles. The van der Waals surface area contributed by atoms with Gasteiger partial charge in [-0.25, -0.2) is 0 Å². The SMILES string of the molecule is CCN(Cc1nncs1)C1CC1. The minimum atomic E-state index is 0.832. The van der Waals surface area contributed by atoms with Crippen LogP contribution >= 0.6 is 11.3 Å². The Labute approximate surface area is 76.4 Å². The van der Waals surface area contributed by atoms with Gasteiger partial charge in [-0.1, -0.05) is 6.92 Å². The highest BCUT2D eigenvalue weighted by atomic mass is 32.1. The van der Waals surface area contributed by atoms with Crippen molar-refractivity contribution in [1.82, 2.24) is 15.1 Å². The van der Waals surface area contributed by atoms with E-state index < -0.39 is 0 Å². The third-order valence-corrected chi connectivity index (χ3v) is 2.90. The van der Waals surface area contributed by atoms with Crippen LogP contribution in [0.3, 0.4) is 0 Å². The van der Waals surface area contributed by atoms with Gasteiger partial charge in [-0.2, -0.15) is 0 Å². The minimum Gasteiger partial charge on any atom is -0.294 e. The van der Waals surface area contributed by atoms with Gasteiger partial charge in [0, 0.05) is 6.04 Å². The van der Waals surface area contributed by atoms with Crippen LogP contribution in [0.1, 0.15) is 24.8 Å². The van der Waals surface area contributed by atoms with Gasteiger partial charge in [0.05, 0.1) is 6.54 Å². The first-order chi connectivity index (χ1) is 5.90. The molecule has 1 aliphatic carbocycles. The Kier molecular flexibility index (Phi) is 2.37. The van der Waals surface area contributed by atoms with E-state index in [9.17, 15) is 0 Å². The molecule has 0 radical (unpaired) electrons. The Hall–Kier alpha value is -0.480. The molecular weight excluding hydrogens is 170 g/mol. The molecule has 0 spiro atoms. The van der Waals surface area contributed by atoms with E-state index in [1.807, 2.05) is 0 Å². The zero-order chi connectivity index (χ0) is 8.39. The highest BCUT2D eigenvalue weighted by Gasteiger charge is 2.28. The standard InChI is InChI=1S/C8H13N3S/c1-2-11(7-3-4-7)5-8-10-9-6-12-8/h6-7H,2-5H2,1H3. The van der Waals surface area contributed by atoms with Gasteiger partial charge in [0.25, 0.3) is 0 Å². The quantitative estimate of drug-likeness (QED) is 0.708. The molecule has 0 unspecified atom stereocenters. The van der Waals surface area contributed by atoms with E-state index in [2.05, 4.69) is 22.0 Å². The molecule has 1 fully saturated rings. The highest BCUT2D eigenvalue weighted by molar-refractivity contribution is 7.09. The van der Waals surface area contributed by atoms with Crippen LogP contribution in [0.25, 0.3) is 0 Å². The Morgan fingerprint density at radius 3 is 3.00 bits per heavy atom. The van der Waals surface area contributed by atoms with Crippen molar-refractivity contribution in [3.8, 4) is 0 Å². The Bertz CT molecular complexity index is 230. The maximum atomic E-state index is 4.04. The summed E-state index contributed by atoms with van der Waals surface area (Å²) in [6.45, 7) is 4.33. The van der Waals surface area contributed by atoms with E-state index in [1.54, 1.807) is 16.8 Å². The number of rotatable bonds is 4. The average Bonchev–Trinajstić information content (AvgIpc) is 2.80. The molecule has 0 aromatic carbocycles. The van der Waals surface area contributed by atoms with Gasteiger partial charge in [-0.05, 0) is 19.4 Å². The molecule has 0 N–H and O–H groups in total. The predicted molar refractivity (Wildman–Crippen MR) is 49.0 cm³/mol. The molecule has 0 amide bonds. The molecule has 0 saturated heterocycles. The summed E-state index contributed by atoms with van der Waals surface area (Å²) in [5.41, 5.74) is 1.80. The Morgan fingerprint density at radius 2 is 2.50 bits per heavy atom. The van der Waals surface area contributed by atoms with Crippen molar-refractivity contribution in [3.63, 3.8) is 0 Å². The van der Waals surface area contributed by atoms with Crippen molar-refractivity contribution >= 4 is 11.3 Å². The zero-order valence-corrected chi connectivity index (χ0v) is 8.05. The third-order valence-electron chi connectivity index (χ3n) is 2.21. The van der Waals surface area contributed by atoms with E-state index >= 15 is 0 Å². The first-order valence-electron chi connectivity index (χ1n) is 4.39. The van der Waals surface area contributed by atoms with Crippen LogP contribution in [0.5, 0.6) is 0 Å². The van der Waals surface area contributed by atoms with Crippen LogP contribution < -0.4 is 0 Å². The molecule has 3 nitrogen and oxygen atoms in total. The summed E-state index contributed by atoms with van der Waals surface area (Å²) >= 11 is 1.65. The molecule has 0 aliphatic heterocycles. The van der Waals surface area contributed by atoms with E-state index in [4.69, 9.17) is 0 Å². The summed E-state index contributed by atoms with van der Waals surface area (Å²) in [6.07, 6.45) is 2.74. The first kappa shape index (κ1) is 8.13. The molecule has 0 bridgehead atoms. The summed E-state index contributed by atoms with van der Waals surface area (Å²) < 4.78 is 0. The molecule has 12 heavy (non-hydrogen) atoms. The van der Waals surface area contributed by atoms with Gasteiger partial charge in [0.1, 0.15) is 10.5 Å².